The van der Waals surface area contributed by atoms with Crippen molar-refractivity contribution in [2.75, 3.05) is 11.9 Å². The number of carbonyl (C=O) groups excluding carboxylic acids is 1. The molecule has 1 N–H and O–H groups in total. The van der Waals surface area contributed by atoms with E-state index in [-0.39, 0.29) is 12.5 Å². The number of aromatic nitrogens is 4. The number of hydrogen-bond acceptors (Lipinski definition) is 5. The third kappa shape index (κ3) is 3.69. The minimum atomic E-state index is -0.345. The summed E-state index contributed by atoms with van der Waals surface area (Å²) in [5, 5.41) is 3.11. The van der Waals surface area contributed by atoms with Crippen LogP contribution in [0.25, 0.3) is 5.82 Å². The van der Waals surface area contributed by atoms with Crippen molar-refractivity contribution in [2.24, 2.45) is 0 Å². The number of anilines is 1. The van der Waals surface area contributed by atoms with E-state index in [1.165, 1.54) is 6.33 Å². The Kier molecular flexibility index (Phi) is 4.72. The maximum atomic E-state index is 12.0. The van der Waals surface area contributed by atoms with Crippen LogP contribution in [0.5, 0.6) is 5.75 Å². The van der Waals surface area contributed by atoms with Gasteiger partial charge in [-0.25, -0.2) is 15.0 Å². The van der Waals surface area contributed by atoms with E-state index in [0.29, 0.717) is 22.4 Å². The average Bonchev–Trinajstić information content (AvgIpc) is 3.00. The summed E-state index contributed by atoms with van der Waals surface area (Å²) in [6, 6.07) is 8.61. The predicted octanol–water partition coefficient (Wildman–Crippen LogP) is 2.64. The summed E-state index contributed by atoms with van der Waals surface area (Å²) >= 11 is 5.97. The Balaban J connectivity index is 1.65. The van der Waals surface area contributed by atoms with Gasteiger partial charge in [0.25, 0.3) is 5.91 Å². The van der Waals surface area contributed by atoms with Crippen molar-refractivity contribution >= 4 is 23.3 Å². The number of amides is 1. The lowest BCUT2D eigenvalue weighted by molar-refractivity contribution is -0.118. The topological polar surface area (TPSA) is 81.9 Å². The van der Waals surface area contributed by atoms with Gasteiger partial charge in [0, 0.05) is 18.5 Å². The summed E-state index contributed by atoms with van der Waals surface area (Å²) in [6.07, 6.45) is 4.83. The lowest BCUT2D eigenvalue weighted by Gasteiger charge is -2.09. The van der Waals surface area contributed by atoms with E-state index in [4.69, 9.17) is 16.3 Å². The lowest BCUT2D eigenvalue weighted by Crippen LogP contribution is -2.21. The van der Waals surface area contributed by atoms with Gasteiger partial charge in [0.1, 0.15) is 29.5 Å². The highest BCUT2D eigenvalue weighted by Crippen LogP contribution is 2.22. The number of nitrogens with zero attached hydrogens (tertiary/aromatic N) is 4. The van der Waals surface area contributed by atoms with E-state index < -0.39 is 0 Å². The van der Waals surface area contributed by atoms with Gasteiger partial charge < -0.3 is 10.1 Å². The molecule has 1 aromatic carbocycles. The first-order valence-corrected chi connectivity index (χ1v) is 7.51. The standard InChI is InChI=1S/C16H14ClN5O2/c1-11-18-6-7-22(11)15-8-14(19-10-20-15)21-16(23)9-24-13-5-3-2-4-12(13)17/h2-8,10H,9H2,1H3,(H,19,20,21,23). The second kappa shape index (κ2) is 7.10. The third-order valence-electron chi connectivity index (χ3n) is 3.19. The van der Waals surface area contributed by atoms with Crippen LogP contribution in [0.4, 0.5) is 5.82 Å². The van der Waals surface area contributed by atoms with Gasteiger partial charge in [-0.1, -0.05) is 23.7 Å². The van der Waals surface area contributed by atoms with E-state index in [0.717, 1.165) is 5.82 Å². The molecule has 0 unspecified atom stereocenters. The smallest absolute Gasteiger partial charge is 0.263 e. The molecule has 0 bridgehead atoms. The van der Waals surface area contributed by atoms with Crippen molar-refractivity contribution in [3.05, 3.63) is 59.9 Å². The molecule has 8 heteroatoms. The van der Waals surface area contributed by atoms with E-state index in [1.807, 2.05) is 6.92 Å². The molecule has 2 aromatic heterocycles. The van der Waals surface area contributed by atoms with Crippen molar-refractivity contribution < 1.29 is 9.53 Å². The fourth-order valence-corrected chi connectivity index (χ4v) is 2.24. The zero-order valence-electron chi connectivity index (χ0n) is 12.8. The number of rotatable bonds is 5. The Morgan fingerprint density at radius 3 is 2.88 bits per heavy atom. The van der Waals surface area contributed by atoms with Crippen LogP contribution in [-0.2, 0) is 4.79 Å². The van der Waals surface area contributed by atoms with Crippen LogP contribution in [-0.4, -0.2) is 32.0 Å². The molecule has 7 nitrogen and oxygen atoms in total. The second-order valence-corrected chi connectivity index (χ2v) is 5.28. The second-order valence-electron chi connectivity index (χ2n) is 4.87. The normalized spacial score (nSPS) is 10.4. The number of aryl methyl sites for hydroxylation is 1. The predicted molar refractivity (Wildman–Crippen MR) is 89.5 cm³/mol. The van der Waals surface area contributed by atoms with Crippen molar-refractivity contribution in [2.45, 2.75) is 6.92 Å². The summed E-state index contributed by atoms with van der Waals surface area (Å²) < 4.78 is 7.18. The number of benzene rings is 1. The molecular formula is C16H14ClN5O2. The number of nitrogens with one attached hydrogen (secondary N) is 1. The van der Waals surface area contributed by atoms with E-state index in [9.17, 15) is 4.79 Å². The number of para-hydroxylation sites is 1. The van der Waals surface area contributed by atoms with Gasteiger partial charge in [-0.3, -0.25) is 9.36 Å². The van der Waals surface area contributed by atoms with Crippen LogP contribution in [0.1, 0.15) is 5.82 Å². The molecule has 0 saturated heterocycles. The van der Waals surface area contributed by atoms with Crippen LogP contribution in [0.15, 0.2) is 49.1 Å². The van der Waals surface area contributed by atoms with Crippen molar-refractivity contribution in [3.8, 4) is 11.6 Å². The Labute approximate surface area is 143 Å². The first-order valence-electron chi connectivity index (χ1n) is 7.13. The monoisotopic (exact) mass is 343 g/mol. The van der Waals surface area contributed by atoms with Gasteiger partial charge in [-0.15, -0.1) is 0 Å². The highest BCUT2D eigenvalue weighted by Gasteiger charge is 2.09. The lowest BCUT2D eigenvalue weighted by atomic mass is 10.3. The molecular weight excluding hydrogens is 330 g/mol. The van der Waals surface area contributed by atoms with Crippen molar-refractivity contribution in [1.82, 2.24) is 19.5 Å². The van der Waals surface area contributed by atoms with E-state index in [1.54, 1.807) is 47.3 Å². The maximum absolute atomic E-state index is 12.0. The van der Waals surface area contributed by atoms with Gasteiger partial charge >= 0.3 is 0 Å². The maximum Gasteiger partial charge on any atom is 0.263 e. The highest BCUT2D eigenvalue weighted by molar-refractivity contribution is 6.32. The van der Waals surface area contributed by atoms with Crippen LogP contribution in [0.2, 0.25) is 5.02 Å². The Bertz CT molecular complexity index is 865. The zero-order valence-corrected chi connectivity index (χ0v) is 13.6. The molecule has 0 fully saturated rings. The van der Waals surface area contributed by atoms with Gasteiger partial charge in [-0.05, 0) is 19.1 Å². The summed E-state index contributed by atoms with van der Waals surface area (Å²) in [4.78, 5) is 24.3. The molecule has 0 spiro atoms. The number of imidazole rings is 1. The molecule has 2 heterocycles. The van der Waals surface area contributed by atoms with Gasteiger partial charge in [0.05, 0.1) is 5.02 Å². The van der Waals surface area contributed by atoms with Crippen molar-refractivity contribution in [1.29, 1.82) is 0 Å². The molecule has 0 atom stereocenters. The fourth-order valence-electron chi connectivity index (χ4n) is 2.05. The summed E-state index contributed by atoms with van der Waals surface area (Å²) in [6.45, 7) is 1.69. The minimum Gasteiger partial charge on any atom is -0.482 e. The first kappa shape index (κ1) is 15.9. The molecule has 1 amide bonds. The van der Waals surface area contributed by atoms with Gasteiger partial charge in [0.15, 0.2) is 6.61 Å². The first-order chi connectivity index (χ1) is 11.6. The molecule has 3 rings (SSSR count). The third-order valence-corrected chi connectivity index (χ3v) is 3.50. The molecule has 0 aliphatic heterocycles. The minimum absolute atomic E-state index is 0.173. The van der Waals surface area contributed by atoms with Crippen LogP contribution < -0.4 is 10.1 Å². The number of ether oxygens (including phenoxy) is 1. The summed E-state index contributed by atoms with van der Waals surface area (Å²) in [5.74, 6) is 1.88. The fraction of sp³-hybridized carbons (Fsp3) is 0.125. The quantitative estimate of drug-likeness (QED) is 0.770. The van der Waals surface area contributed by atoms with Gasteiger partial charge in [0.2, 0.25) is 0 Å². The zero-order chi connectivity index (χ0) is 16.9. The number of hydrogen-bond donors (Lipinski definition) is 1. The van der Waals surface area contributed by atoms with E-state index in [2.05, 4.69) is 20.3 Å². The Morgan fingerprint density at radius 2 is 2.12 bits per heavy atom. The van der Waals surface area contributed by atoms with Crippen molar-refractivity contribution in [3.63, 3.8) is 0 Å². The van der Waals surface area contributed by atoms with Crippen LogP contribution in [0, 0.1) is 6.92 Å². The molecule has 0 radical (unpaired) electrons. The number of halogens is 1. The summed E-state index contributed by atoms with van der Waals surface area (Å²) in [7, 11) is 0. The van der Waals surface area contributed by atoms with E-state index >= 15 is 0 Å². The Morgan fingerprint density at radius 1 is 1.29 bits per heavy atom. The molecule has 3 aromatic rings. The molecule has 0 aliphatic rings. The highest BCUT2D eigenvalue weighted by atomic mass is 35.5. The SMILES string of the molecule is Cc1nccn1-c1cc(NC(=O)COc2ccccc2Cl)ncn1. The molecule has 0 aliphatic carbocycles. The Hall–Kier alpha value is -2.93. The molecule has 0 saturated carbocycles. The molecule has 24 heavy (non-hydrogen) atoms. The summed E-state index contributed by atoms with van der Waals surface area (Å²) in [5.41, 5.74) is 0. The largest absolute Gasteiger partial charge is 0.482 e. The average molecular weight is 344 g/mol. The van der Waals surface area contributed by atoms with Gasteiger partial charge in [-0.2, -0.15) is 0 Å². The van der Waals surface area contributed by atoms with Crippen LogP contribution in [0.3, 0.4) is 0 Å². The van der Waals surface area contributed by atoms with Crippen LogP contribution >= 0.6 is 11.6 Å². The molecule has 122 valence electrons. The number of carbonyl (C=O) groups is 1.